The first-order valence-corrected chi connectivity index (χ1v) is 7.11. The van der Waals surface area contributed by atoms with Gasteiger partial charge in [0, 0.05) is 12.5 Å². The molecule has 9 heteroatoms. The predicted molar refractivity (Wildman–Crippen MR) is 82.3 cm³/mol. The monoisotopic (exact) mass is 359 g/mol. The molecule has 0 aliphatic rings. The molecule has 1 aromatic carbocycles. The predicted octanol–water partition coefficient (Wildman–Crippen LogP) is 4.00. The molecule has 0 aliphatic heterocycles. The average Bonchev–Trinajstić information content (AvgIpc) is 2.49. The minimum Gasteiger partial charge on any atom is -0.465 e. The summed E-state index contributed by atoms with van der Waals surface area (Å²) in [6.07, 6.45) is -4.13. The number of aromatic nitrogens is 1. The van der Waals surface area contributed by atoms with E-state index in [1.807, 2.05) is 0 Å². The van der Waals surface area contributed by atoms with Crippen molar-refractivity contribution in [1.82, 2.24) is 4.98 Å². The number of ether oxygens (including phenoxy) is 2. The van der Waals surface area contributed by atoms with Crippen molar-refractivity contribution in [1.29, 1.82) is 5.41 Å². The van der Waals surface area contributed by atoms with Gasteiger partial charge in [0.25, 0.3) is 6.02 Å². The Kier molecular flexibility index (Phi) is 5.50. The van der Waals surface area contributed by atoms with E-state index >= 15 is 0 Å². The van der Waals surface area contributed by atoms with Gasteiger partial charge in [-0.1, -0.05) is 23.7 Å². The van der Waals surface area contributed by atoms with E-state index in [2.05, 4.69) is 4.98 Å². The Morgan fingerprint density at radius 2 is 1.83 bits per heavy atom. The topological polar surface area (TPSA) is 81.2 Å². The van der Waals surface area contributed by atoms with Gasteiger partial charge in [-0.05, 0) is 23.8 Å². The van der Waals surface area contributed by atoms with Gasteiger partial charge in [-0.3, -0.25) is 5.41 Å². The number of nitrogens with two attached hydrogens (primary N) is 1. The van der Waals surface area contributed by atoms with Crippen molar-refractivity contribution in [3.8, 4) is 11.6 Å². The lowest BCUT2D eigenvalue weighted by Gasteiger charge is -2.11. The van der Waals surface area contributed by atoms with Crippen LogP contribution in [-0.4, -0.2) is 17.6 Å². The van der Waals surface area contributed by atoms with E-state index in [1.165, 1.54) is 6.07 Å². The summed E-state index contributed by atoms with van der Waals surface area (Å²) in [5, 5.41) is 6.44. The fourth-order valence-electron chi connectivity index (χ4n) is 1.80. The number of hydrogen-bond donors (Lipinski definition) is 2. The molecular formula is C15H13ClF3N3O2. The molecule has 0 saturated carbocycles. The minimum absolute atomic E-state index is 0.209. The lowest BCUT2D eigenvalue weighted by atomic mass is 10.1. The van der Waals surface area contributed by atoms with E-state index in [-0.39, 0.29) is 18.5 Å². The summed E-state index contributed by atoms with van der Waals surface area (Å²) in [4.78, 5) is 3.39. The highest BCUT2D eigenvalue weighted by Gasteiger charge is 2.35. The number of alkyl halides is 3. The third-order valence-electron chi connectivity index (χ3n) is 2.88. The maximum Gasteiger partial charge on any atom is 0.434 e. The number of amidine groups is 1. The summed E-state index contributed by atoms with van der Waals surface area (Å²) in [7, 11) is 0. The molecule has 3 N–H and O–H groups in total. The van der Waals surface area contributed by atoms with E-state index in [4.69, 9.17) is 32.2 Å². The van der Waals surface area contributed by atoms with Crippen molar-refractivity contribution in [3.63, 3.8) is 0 Å². The fourth-order valence-corrected chi connectivity index (χ4v) is 2.02. The molecule has 0 atom stereocenters. The van der Waals surface area contributed by atoms with Gasteiger partial charge < -0.3 is 15.2 Å². The molecule has 0 unspecified atom stereocenters. The Morgan fingerprint density at radius 1 is 1.17 bits per heavy atom. The molecule has 0 amide bonds. The molecule has 24 heavy (non-hydrogen) atoms. The zero-order valence-electron chi connectivity index (χ0n) is 12.2. The molecule has 0 bridgehead atoms. The van der Waals surface area contributed by atoms with Crippen molar-refractivity contribution >= 4 is 17.6 Å². The first kappa shape index (κ1) is 17.9. The molecule has 0 spiro atoms. The Morgan fingerprint density at radius 3 is 2.42 bits per heavy atom. The second-order valence-corrected chi connectivity index (χ2v) is 5.09. The molecule has 0 radical (unpaired) electrons. The van der Waals surface area contributed by atoms with Crippen LogP contribution in [0.3, 0.4) is 0 Å². The van der Waals surface area contributed by atoms with Crippen LogP contribution in [0.5, 0.6) is 11.6 Å². The number of hydrogen-bond acceptors (Lipinski definition) is 4. The molecule has 0 fully saturated rings. The van der Waals surface area contributed by atoms with Crippen molar-refractivity contribution in [2.45, 2.75) is 12.6 Å². The highest BCUT2D eigenvalue weighted by Crippen LogP contribution is 2.35. The third-order valence-corrected chi connectivity index (χ3v) is 3.19. The van der Waals surface area contributed by atoms with Crippen molar-refractivity contribution in [2.24, 2.45) is 5.73 Å². The van der Waals surface area contributed by atoms with Gasteiger partial charge in [-0.15, -0.1) is 0 Å². The normalized spacial score (nSPS) is 11.2. The van der Waals surface area contributed by atoms with Crippen LogP contribution >= 0.6 is 11.6 Å². The number of rotatable bonds is 5. The van der Waals surface area contributed by atoms with Crippen molar-refractivity contribution < 1.29 is 22.6 Å². The van der Waals surface area contributed by atoms with Gasteiger partial charge in [0.1, 0.15) is 5.75 Å². The van der Waals surface area contributed by atoms with Gasteiger partial charge in [0.15, 0.2) is 5.69 Å². The second kappa shape index (κ2) is 7.39. The van der Waals surface area contributed by atoms with Crippen LogP contribution in [0.1, 0.15) is 11.3 Å². The summed E-state index contributed by atoms with van der Waals surface area (Å²) in [5.41, 5.74) is 4.76. The van der Waals surface area contributed by atoms with E-state index in [0.717, 1.165) is 11.6 Å². The number of benzene rings is 1. The van der Waals surface area contributed by atoms with Crippen LogP contribution in [0.4, 0.5) is 13.2 Å². The van der Waals surface area contributed by atoms with Crippen molar-refractivity contribution in [3.05, 3.63) is 52.7 Å². The van der Waals surface area contributed by atoms with Gasteiger partial charge in [-0.2, -0.15) is 13.2 Å². The van der Waals surface area contributed by atoms with Gasteiger partial charge in [0.2, 0.25) is 5.88 Å². The summed E-state index contributed by atoms with van der Waals surface area (Å²) in [5.74, 6) is 0.119. The Balaban J connectivity index is 2.05. The SMILES string of the molecule is N=C(N)OCCc1ccc(Oc2ccc(Cl)c(C(F)(F)F)n2)cc1. The number of pyridine rings is 1. The largest absolute Gasteiger partial charge is 0.465 e. The van der Waals surface area contributed by atoms with E-state index in [0.29, 0.717) is 12.2 Å². The van der Waals surface area contributed by atoms with Crippen LogP contribution < -0.4 is 10.5 Å². The molecule has 1 aromatic heterocycles. The highest BCUT2D eigenvalue weighted by atomic mass is 35.5. The molecule has 1 heterocycles. The Hall–Kier alpha value is -2.48. The Labute approximate surface area is 140 Å². The quantitative estimate of drug-likeness (QED) is 0.624. The number of nitrogens with zero attached hydrogens (tertiary/aromatic N) is 1. The standard InChI is InChI=1S/C15H13ClF3N3O2/c16-11-5-6-12(22-13(11)15(17,18)19)24-10-3-1-9(2-4-10)7-8-23-14(20)21/h1-6H,7-8H2,(H3,20,21). The van der Waals surface area contributed by atoms with Crippen molar-refractivity contribution in [2.75, 3.05) is 6.61 Å². The lowest BCUT2D eigenvalue weighted by Crippen LogP contribution is -2.15. The minimum atomic E-state index is -4.66. The molecule has 128 valence electrons. The zero-order valence-corrected chi connectivity index (χ0v) is 13.0. The summed E-state index contributed by atoms with van der Waals surface area (Å²) in [6, 6.07) is 8.61. The smallest absolute Gasteiger partial charge is 0.434 e. The average molecular weight is 360 g/mol. The maximum absolute atomic E-state index is 12.8. The summed E-state index contributed by atoms with van der Waals surface area (Å²) >= 11 is 5.50. The molecule has 2 aromatic rings. The summed E-state index contributed by atoms with van der Waals surface area (Å²) < 4.78 is 48.4. The summed E-state index contributed by atoms with van der Waals surface area (Å²) in [6.45, 7) is 0.253. The van der Waals surface area contributed by atoms with Gasteiger partial charge >= 0.3 is 6.18 Å². The van der Waals surface area contributed by atoms with E-state index < -0.39 is 16.9 Å². The van der Waals surface area contributed by atoms with Gasteiger partial charge in [0.05, 0.1) is 11.6 Å². The molecule has 0 saturated heterocycles. The van der Waals surface area contributed by atoms with Crippen LogP contribution in [0.25, 0.3) is 0 Å². The molecular weight excluding hydrogens is 347 g/mol. The molecule has 2 rings (SSSR count). The van der Waals surface area contributed by atoms with Gasteiger partial charge in [-0.25, -0.2) is 4.98 Å². The molecule has 5 nitrogen and oxygen atoms in total. The zero-order chi connectivity index (χ0) is 17.7. The number of halogens is 4. The fraction of sp³-hybridized carbons (Fsp3) is 0.200. The van der Waals surface area contributed by atoms with Crippen LogP contribution in [0, 0.1) is 5.41 Å². The third kappa shape index (κ3) is 5.02. The van der Waals surface area contributed by atoms with Crippen LogP contribution in [0.2, 0.25) is 5.02 Å². The van der Waals surface area contributed by atoms with Crippen LogP contribution in [0.15, 0.2) is 36.4 Å². The Bertz CT molecular complexity index is 721. The van der Waals surface area contributed by atoms with Crippen LogP contribution in [-0.2, 0) is 17.3 Å². The molecule has 0 aliphatic carbocycles. The van der Waals surface area contributed by atoms with E-state index in [9.17, 15) is 13.2 Å². The highest BCUT2D eigenvalue weighted by molar-refractivity contribution is 6.31. The van der Waals surface area contributed by atoms with E-state index in [1.54, 1.807) is 24.3 Å². The second-order valence-electron chi connectivity index (χ2n) is 4.69. The lowest BCUT2D eigenvalue weighted by molar-refractivity contribution is -0.141. The maximum atomic E-state index is 12.8. The first-order chi connectivity index (χ1) is 11.3. The first-order valence-electron chi connectivity index (χ1n) is 6.73. The number of nitrogens with one attached hydrogen (secondary N) is 1.